The Kier molecular flexibility index (Phi) is 4.56. The average molecular weight is 322 g/mol. The summed E-state index contributed by atoms with van der Waals surface area (Å²) in [6.07, 6.45) is 0.366. The summed E-state index contributed by atoms with van der Waals surface area (Å²) in [6.45, 7) is 4.54. The van der Waals surface area contributed by atoms with E-state index in [9.17, 15) is 4.79 Å². The number of aromatic nitrogens is 1. The fourth-order valence-corrected chi connectivity index (χ4v) is 2.99. The highest BCUT2D eigenvalue weighted by atomic mass is 16.5. The van der Waals surface area contributed by atoms with Gasteiger partial charge in [0.1, 0.15) is 5.75 Å². The number of carbonyl (C=O) groups is 1. The maximum absolute atomic E-state index is 12.4. The number of methoxy groups -OCH3 is 1. The fourth-order valence-electron chi connectivity index (χ4n) is 2.99. The zero-order chi connectivity index (χ0) is 17.1. The number of nitrogens with one attached hydrogen (secondary N) is 2. The number of hydrogen-bond acceptors (Lipinski definition) is 2. The molecule has 24 heavy (non-hydrogen) atoms. The molecule has 4 heteroatoms. The topological polar surface area (TPSA) is 54.1 Å². The van der Waals surface area contributed by atoms with Crippen LogP contribution in [0.3, 0.4) is 0 Å². The molecule has 0 fully saturated rings. The van der Waals surface area contributed by atoms with Crippen molar-refractivity contribution >= 4 is 16.8 Å². The number of benzene rings is 2. The SMILES string of the molecule is COc1ccccc1CNC(=O)Cc1c(C)[nH]c2ccc(C)cc12. The molecular weight excluding hydrogens is 300 g/mol. The Bertz CT molecular complexity index is 880. The molecule has 3 aromatic rings. The van der Waals surface area contributed by atoms with E-state index in [2.05, 4.69) is 35.4 Å². The van der Waals surface area contributed by atoms with E-state index in [1.165, 1.54) is 5.56 Å². The number of carbonyl (C=O) groups excluding carboxylic acids is 1. The van der Waals surface area contributed by atoms with Gasteiger partial charge in [0.2, 0.25) is 5.91 Å². The van der Waals surface area contributed by atoms with Crippen LogP contribution in [0.25, 0.3) is 10.9 Å². The van der Waals surface area contributed by atoms with Gasteiger partial charge in [0, 0.05) is 28.7 Å². The second kappa shape index (κ2) is 6.79. The number of aryl methyl sites for hydroxylation is 2. The van der Waals surface area contributed by atoms with Gasteiger partial charge < -0.3 is 15.0 Å². The zero-order valence-corrected chi connectivity index (χ0v) is 14.3. The summed E-state index contributed by atoms with van der Waals surface area (Å²) in [5.41, 5.74) is 5.34. The molecule has 0 aliphatic heterocycles. The molecule has 0 atom stereocenters. The first-order chi connectivity index (χ1) is 11.6. The first-order valence-corrected chi connectivity index (χ1v) is 8.05. The predicted molar refractivity (Wildman–Crippen MR) is 96.3 cm³/mol. The fraction of sp³-hybridized carbons (Fsp3) is 0.250. The summed E-state index contributed by atoms with van der Waals surface area (Å²) in [5, 5.41) is 4.11. The molecule has 0 radical (unpaired) electrons. The van der Waals surface area contributed by atoms with E-state index in [0.717, 1.165) is 33.5 Å². The van der Waals surface area contributed by atoms with Gasteiger partial charge >= 0.3 is 0 Å². The normalized spacial score (nSPS) is 10.8. The number of aromatic amines is 1. The monoisotopic (exact) mass is 322 g/mol. The van der Waals surface area contributed by atoms with Crippen molar-refractivity contribution in [3.05, 3.63) is 64.8 Å². The Morgan fingerprint density at radius 2 is 1.96 bits per heavy atom. The van der Waals surface area contributed by atoms with Crippen LogP contribution in [0, 0.1) is 13.8 Å². The smallest absolute Gasteiger partial charge is 0.224 e. The van der Waals surface area contributed by atoms with Crippen LogP contribution in [0.15, 0.2) is 42.5 Å². The summed E-state index contributed by atoms with van der Waals surface area (Å²) in [7, 11) is 1.64. The highest BCUT2D eigenvalue weighted by Crippen LogP contribution is 2.24. The third kappa shape index (κ3) is 3.27. The third-order valence-electron chi connectivity index (χ3n) is 4.28. The van der Waals surface area contributed by atoms with Crippen molar-refractivity contribution in [2.45, 2.75) is 26.8 Å². The number of para-hydroxylation sites is 1. The van der Waals surface area contributed by atoms with Gasteiger partial charge in [-0.25, -0.2) is 0 Å². The van der Waals surface area contributed by atoms with Crippen LogP contribution in [-0.4, -0.2) is 18.0 Å². The van der Waals surface area contributed by atoms with E-state index in [4.69, 9.17) is 4.74 Å². The standard InChI is InChI=1S/C20H22N2O2/c1-13-8-9-18-17(10-13)16(14(2)22-18)11-20(23)21-12-15-6-4-5-7-19(15)24-3/h4-10,22H,11-12H2,1-3H3,(H,21,23). The molecule has 0 unspecified atom stereocenters. The molecule has 1 heterocycles. The lowest BCUT2D eigenvalue weighted by molar-refractivity contribution is -0.120. The Labute approximate surface area is 141 Å². The van der Waals surface area contributed by atoms with Gasteiger partial charge in [-0.1, -0.05) is 29.8 Å². The molecule has 124 valence electrons. The molecule has 1 amide bonds. The average Bonchev–Trinajstić information content (AvgIpc) is 2.88. The molecular formula is C20H22N2O2. The lowest BCUT2D eigenvalue weighted by Gasteiger charge is -2.09. The van der Waals surface area contributed by atoms with Gasteiger partial charge in [-0.15, -0.1) is 0 Å². The van der Waals surface area contributed by atoms with Crippen molar-refractivity contribution in [3.8, 4) is 5.75 Å². The minimum atomic E-state index is 0.00594. The Hall–Kier alpha value is -2.75. The molecule has 4 nitrogen and oxygen atoms in total. The molecule has 2 aromatic carbocycles. The van der Waals surface area contributed by atoms with Crippen molar-refractivity contribution in [3.63, 3.8) is 0 Å². The van der Waals surface area contributed by atoms with E-state index in [-0.39, 0.29) is 5.91 Å². The summed E-state index contributed by atoms with van der Waals surface area (Å²) in [6, 6.07) is 14.0. The number of fused-ring (bicyclic) bond motifs is 1. The van der Waals surface area contributed by atoms with E-state index in [0.29, 0.717) is 13.0 Å². The van der Waals surface area contributed by atoms with E-state index in [1.54, 1.807) is 7.11 Å². The predicted octanol–water partition coefficient (Wildman–Crippen LogP) is 3.65. The van der Waals surface area contributed by atoms with Crippen molar-refractivity contribution in [2.75, 3.05) is 7.11 Å². The maximum atomic E-state index is 12.4. The molecule has 0 aliphatic carbocycles. The highest BCUT2D eigenvalue weighted by Gasteiger charge is 2.13. The molecule has 0 aliphatic rings. The molecule has 3 rings (SSSR count). The van der Waals surface area contributed by atoms with Crippen molar-refractivity contribution in [2.24, 2.45) is 0 Å². The minimum Gasteiger partial charge on any atom is -0.496 e. The lowest BCUT2D eigenvalue weighted by Crippen LogP contribution is -2.25. The van der Waals surface area contributed by atoms with Gasteiger partial charge in [-0.05, 0) is 37.6 Å². The summed E-state index contributed by atoms with van der Waals surface area (Å²) < 4.78 is 5.32. The van der Waals surface area contributed by atoms with Crippen LogP contribution in [0.2, 0.25) is 0 Å². The molecule has 1 aromatic heterocycles. The number of hydrogen-bond donors (Lipinski definition) is 2. The van der Waals surface area contributed by atoms with Crippen LogP contribution in [0.1, 0.15) is 22.4 Å². The van der Waals surface area contributed by atoms with Crippen molar-refractivity contribution in [1.29, 1.82) is 0 Å². The number of amides is 1. The summed E-state index contributed by atoms with van der Waals surface area (Å²) >= 11 is 0. The van der Waals surface area contributed by atoms with Gasteiger partial charge in [0.25, 0.3) is 0 Å². The van der Waals surface area contributed by atoms with E-state index < -0.39 is 0 Å². The first-order valence-electron chi connectivity index (χ1n) is 8.05. The number of ether oxygens (including phenoxy) is 1. The quantitative estimate of drug-likeness (QED) is 0.753. The van der Waals surface area contributed by atoms with Crippen LogP contribution in [0.4, 0.5) is 0 Å². The lowest BCUT2D eigenvalue weighted by atomic mass is 10.1. The van der Waals surface area contributed by atoms with Gasteiger partial charge in [0.05, 0.1) is 13.5 Å². The number of H-pyrrole nitrogens is 1. The first kappa shape index (κ1) is 16.1. The Balaban J connectivity index is 1.73. The second-order valence-electron chi connectivity index (χ2n) is 6.04. The van der Waals surface area contributed by atoms with E-state index >= 15 is 0 Å². The van der Waals surface area contributed by atoms with Gasteiger partial charge in [-0.2, -0.15) is 0 Å². The third-order valence-corrected chi connectivity index (χ3v) is 4.28. The molecule has 2 N–H and O–H groups in total. The van der Waals surface area contributed by atoms with Gasteiger partial charge in [0.15, 0.2) is 0 Å². The van der Waals surface area contributed by atoms with Crippen LogP contribution < -0.4 is 10.1 Å². The zero-order valence-electron chi connectivity index (χ0n) is 14.3. The summed E-state index contributed by atoms with van der Waals surface area (Å²) in [5.74, 6) is 0.795. The van der Waals surface area contributed by atoms with E-state index in [1.807, 2.05) is 31.2 Å². The van der Waals surface area contributed by atoms with Gasteiger partial charge in [-0.3, -0.25) is 4.79 Å². The Morgan fingerprint density at radius 3 is 2.75 bits per heavy atom. The second-order valence-corrected chi connectivity index (χ2v) is 6.04. The molecule has 0 saturated carbocycles. The van der Waals surface area contributed by atoms with Crippen molar-refractivity contribution in [1.82, 2.24) is 10.3 Å². The molecule has 0 saturated heterocycles. The Morgan fingerprint density at radius 1 is 1.17 bits per heavy atom. The highest BCUT2D eigenvalue weighted by molar-refractivity contribution is 5.90. The molecule has 0 spiro atoms. The largest absolute Gasteiger partial charge is 0.496 e. The van der Waals surface area contributed by atoms with Crippen LogP contribution in [0.5, 0.6) is 5.75 Å². The summed E-state index contributed by atoms with van der Waals surface area (Å²) in [4.78, 5) is 15.8. The maximum Gasteiger partial charge on any atom is 0.224 e. The van der Waals surface area contributed by atoms with Crippen LogP contribution >= 0.6 is 0 Å². The van der Waals surface area contributed by atoms with Crippen molar-refractivity contribution < 1.29 is 9.53 Å². The van der Waals surface area contributed by atoms with Crippen LogP contribution in [-0.2, 0) is 17.8 Å². The minimum absolute atomic E-state index is 0.00594. The molecule has 0 bridgehead atoms. The number of rotatable bonds is 5.